The van der Waals surface area contributed by atoms with Crippen molar-refractivity contribution >= 4 is 27.9 Å². The normalized spacial score (nSPS) is 12.7. The number of aryl methyl sites for hydroxylation is 2. The van der Waals surface area contributed by atoms with E-state index in [9.17, 15) is 9.59 Å². The van der Waals surface area contributed by atoms with Gasteiger partial charge in [0.15, 0.2) is 0 Å². The summed E-state index contributed by atoms with van der Waals surface area (Å²) in [6.45, 7) is 4.17. The number of carboxylic acid groups (broad SMARTS) is 1. The SMILES string of the molecule is Cc1cc2cccc(C(C)n3c(=O)n(CCC(=O)O)c4ccccc43)c2[nH]1. The average Bonchev–Trinajstić information content (AvgIpc) is 3.15. The van der Waals surface area contributed by atoms with E-state index in [0.717, 1.165) is 33.2 Å². The molecule has 0 aliphatic rings. The number of carbonyl (C=O) groups is 1. The fraction of sp³-hybridized carbons (Fsp3) is 0.238. The van der Waals surface area contributed by atoms with Crippen molar-refractivity contribution in [1.29, 1.82) is 0 Å². The van der Waals surface area contributed by atoms with Gasteiger partial charge >= 0.3 is 11.7 Å². The van der Waals surface area contributed by atoms with Gasteiger partial charge in [-0.2, -0.15) is 0 Å². The Morgan fingerprint density at radius 1 is 1.15 bits per heavy atom. The van der Waals surface area contributed by atoms with E-state index in [-0.39, 0.29) is 24.7 Å². The molecule has 0 amide bonds. The van der Waals surface area contributed by atoms with Crippen molar-refractivity contribution in [3.8, 4) is 0 Å². The van der Waals surface area contributed by atoms with Gasteiger partial charge in [0.25, 0.3) is 0 Å². The quantitative estimate of drug-likeness (QED) is 0.568. The van der Waals surface area contributed by atoms with Gasteiger partial charge in [-0.3, -0.25) is 13.9 Å². The predicted molar refractivity (Wildman–Crippen MR) is 105 cm³/mol. The topological polar surface area (TPSA) is 80.0 Å². The molecule has 2 heterocycles. The van der Waals surface area contributed by atoms with Crippen LogP contribution in [0.1, 0.15) is 30.6 Å². The van der Waals surface area contributed by atoms with E-state index in [1.165, 1.54) is 0 Å². The molecule has 0 aliphatic heterocycles. The highest BCUT2D eigenvalue weighted by Gasteiger charge is 2.20. The summed E-state index contributed by atoms with van der Waals surface area (Å²) in [4.78, 5) is 27.6. The number of hydrogen-bond acceptors (Lipinski definition) is 2. The standard InChI is InChI=1S/C21H21N3O3/c1-13-12-15-6-5-7-16(20(15)22-13)14(2)24-18-9-4-3-8-17(18)23(21(24)27)11-10-19(25)26/h3-9,12,14,22H,10-11H2,1-2H3,(H,25,26). The fourth-order valence-corrected chi connectivity index (χ4v) is 3.84. The van der Waals surface area contributed by atoms with Gasteiger partial charge in [0.1, 0.15) is 0 Å². The third kappa shape index (κ3) is 2.83. The Morgan fingerprint density at radius 2 is 1.89 bits per heavy atom. The second-order valence-electron chi connectivity index (χ2n) is 6.88. The van der Waals surface area contributed by atoms with Gasteiger partial charge in [0, 0.05) is 12.2 Å². The third-order valence-corrected chi connectivity index (χ3v) is 5.08. The van der Waals surface area contributed by atoms with Crippen LogP contribution in [0, 0.1) is 6.92 Å². The van der Waals surface area contributed by atoms with Crippen LogP contribution in [-0.4, -0.2) is 25.2 Å². The number of carboxylic acids is 1. The van der Waals surface area contributed by atoms with Gasteiger partial charge in [-0.25, -0.2) is 4.79 Å². The second-order valence-corrected chi connectivity index (χ2v) is 6.88. The van der Waals surface area contributed by atoms with Gasteiger partial charge < -0.3 is 10.1 Å². The molecule has 1 unspecified atom stereocenters. The van der Waals surface area contributed by atoms with Gasteiger partial charge in [-0.15, -0.1) is 0 Å². The molecule has 4 aromatic rings. The molecule has 0 aliphatic carbocycles. The summed E-state index contributed by atoms with van der Waals surface area (Å²) in [6.07, 6.45) is -0.0896. The first-order valence-corrected chi connectivity index (χ1v) is 8.97. The summed E-state index contributed by atoms with van der Waals surface area (Å²) in [6, 6.07) is 15.5. The maximum absolute atomic E-state index is 13.2. The molecule has 0 saturated carbocycles. The lowest BCUT2D eigenvalue weighted by Crippen LogP contribution is -2.27. The zero-order valence-electron chi connectivity index (χ0n) is 15.3. The number of aromatic nitrogens is 3. The zero-order chi connectivity index (χ0) is 19.1. The maximum atomic E-state index is 13.2. The second kappa shape index (κ2) is 6.46. The highest BCUT2D eigenvalue weighted by molar-refractivity contribution is 5.84. The Kier molecular flexibility index (Phi) is 4.11. The summed E-state index contributed by atoms with van der Waals surface area (Å²) in [5.41, 5.74) is 4.50. The van der Waals surface area contributed by atoms with E-state index in [4.69, 9.17) is 5.11 Å². The molecule has 0 bridgehead atoms. The van der Waals surface area contributed by atoms with Gasteiger partial charge in [-0.05, 0) is 43.0 Å². The van der Waals surface area contributed by atoms with E-state index in [2.05, 4.69) is 11.1 Å². The predicted octanol–water partition coefficient (Wildman–Crippen LogP) is 3.68. The number of fused-ring (bicyclic) bond motifs is 2. The number of rotatable bonds is 5. The van der Waals surface area contributed by atoms with Crippen LogP contribution in [0.4, 0.5) is 0 Å². The van der Waals surface area contributed by atoms with Crippen molar-refractivity contribution in [1.82, 2.24) is 14.1 Å². The molecule has 0 saturated heterocycles. The monoisotopic (exact) mass is 363 g/mol. The molecule has 0 radical (unpaired) electrons. The van der Waals surface area contributed by atoms with Crippen LogP contribution in [-0.2, 0) is 11.3 Å². The number of hydrogen-bond donors (Lipinski definition) is 2. The minimum absolute atomic E-state index is 0.0896. The van der Waals surface area contributed by atoms with Crippen molar-refractivity contribution in [2.24, 2.45) is 0 Å². The van der Waals surface area contributed by atoms with E-state index in [0.29, 0.717) is 0 Å². The van der Waals surface area contributed by atoms with Crippen LogP contribution in [0.15, 0.2) is 53.3 Å². The van der Waals surface area contributed by atoms with Crippen molar-refractivity contribution < 1.29 is 9.90 Å². The number of benzene rings is 2. The van der Waals surface area contributed by atoms with Gasteiger partial charge in [-0.1, -0.05) is 30.3 Å². The van der Waals surface area contributed by atoms with Crippen LogP contribution >= 0.6 is 0 Å². The molecule has 4 rings (SSSR count). The molecule has 138 valence electrons. The third-order valence-electron chi connectivity index (χ3n) is 5.08. The molecule has 27 heavy (non-hydrogen) atoms. The fourth-order valence-electron chi connectivity index (χ4n) is 3.84. The molecule has 2 N–H and O–H groups in total. The number of imidazole rings is 1. The van der Waals surface area contributed by atoms with E-state index < -0.39 is 5.97 Å². The van der Waals surface area contributed by atoms with Crippen molar-refractivity contribution in [3.05, 3.63) is 70.3 Å². The van der Waals surface area contributed by atoms with Gasteiger partial charge in [0.05, 0.1) is 29.0 Å². The van der Waals surface area contributed by atoms with E-state index in [1.807, 2.05) is 56.3 Å². The van der Waals surface area contributed by atoms with E-state index >= 15 is 0 Å². The summed E-state index contributed by atoms with van der Waals surface area (Å²) in [5, 5.41) is 10.1. The molecule has 2 aromatic heterocycles. The molecule has 0 fully saturated rings. The summed E-state index contributed by atoms with van der Waals surface area (Å²) in [7, 11) is 0. The van der Waals surface area contributed by atoms with Crippen molar-refractivity contribution in [2.45, 2.75) is 32.9 Å². The lowest BCUT2D eigenvalue weighted by Gasteiger charge is -2.15. The molecule has 0 spiro atoms. The van der Waals surface area contributed by atoms with Crippen LogP contribution in [0.5, 0.6) is 0 Å². The summed E-state index contributed by atoms with van der Waals surface area (Å²) >= 11 is 0. The Labute approximate surface area is 155 Å². The number of nitrogens with one attached hydrogen (secondary N) is 1. The molecule has 6 nitrogen and oxygen atoms in total. The Balaban J connectivity index is 1.91. The van der Waals surface area contributed by atoms with Crippen LogP contribution in [0.25, 0.3) is 21.9 Å². The molecule has 1 atom stereocenters. The number of H-pyrrole nitrogens is 1. The molecular weight excluding hydrogens is 342 g/mol. The average molecular weight is 363 g/mol. The Morgan fingerprint density at radius 3 is 2.63 bits per heavy atom. The minimum atomic E-state index is -0.918. The molecule has 6 heteroatoms. The molecular formula is C21H21N3O3. The lowest BCUT2D eigenvalue weighted by atomic mass is 10.0. The largest absolute Gasteiger partial charge is 0.481 e. The van der Waals surface area contributed by atoms with Crippen LogP contribution in [0.3, 0.4) is 0 Å². The number of nitrogens with zero attached hydrogens (tertiary/aromatic N) is 2. The Hall–Kier alpha value is -3.28. The van der Waals surface area contributed by atoms with Crippen LogP contribution < -0.4 is 5.69 Å². The van der Waals surface area contributed by atoms with E-state index in [1.54, 1.807) is 9.13 Å². The first-order valence-electron chi connectivity index (χ1n) is 8.97. The minimum Gasteiger partial charge on any atom is -0.481 e. The first kappa shape index (κ1) is 17.1. The first-order chi connectivity index (χ1) is 13.0. The molecule has 2 aromatic carbocycles. The zero-order valence-corrected chi connectivity index (χ0v) is 15.3. The Bertz CT molecular complexity index is 1210. The number of aliphatic carboxylic acids is 1. The van der Waals surface area contributed by atoms with Gasteiger partial charge in [0.2, 0.25) is 0 Å². The lowest BCUT2D eigenvalue weighted by molar-refractivity contribution is -0.137. The number of aromatic amines is 1. The van der Waals surface area contributed by atoms with Crippen LogP contribution in [0.2, 0.25) is 0 Å². The van der Waals surface area contributed by atoms with Crippen molar-refractivity contribution in [3.63, 3.8) is 0 Å². The highest BCUT2D eigenvalue weighted by atomic mass is 16.4. The maximum Gasteiger partial charge on any atom is 0.329 e. The smallest absolute Gasteiger partial charge is 0.329 e. The highest BCUT2D eigenvalue weighted by Crippen LogP contribution is 2.28. The summed E-state index contributed by atoms with van der Waals surface area (Å²) < 4.78 is 3.31. The summed E-state index contributed by atoms with van der Waals surface area (Å²) in [5.74, 6) is -0.918. The number of para-hydroxylation sites is 3. The van der Waals surface area contributed by atoms with Crippen molar-refractivity contribution in [2.75, 3.05) is 0 Å².